The lowest BCUT2D eigenvalue weighted by atomic mass is 10.1. The van der Waals surface area contributed by atoms with Crippen LogP contribution in [0.4, 0.5) is 0 Å². The van der Waals surface area contributed by atoms with Crippen LogP contribution in [0.2, 0.25) is 0 Å². The van der Waals surface area contributed by atoms with Crippen molar-refractivity contribution >= 4 is 40.4 Å². The average molecular weight is 391 g/mol. The van der Waals surface area contributed by atoms with Gasteiger partial charge in [-0.15, -0.1) is 0 Å². The van der Waals surface area contributed by atoms with Crippen molar-refractivity contribution in [2.45, 2.75) is 18.9 Å². The van der Waals surface area contributed by atoms with Crippen molar-refractivity contribution in [3.05, 3.63) is 33.4 Å². The van der Waals surface area contributed by atoms with Gasteiger partial charge in [-0.3, -0.25) is 9.59 Å². The molecule has 0 unspecified atom stereocenters. The van der Waals surface area contributed by atoms with E-state index in [1.807, 2.05) is 6.07 Å². The van der Waals surface area contributed by atoms with E-state index < -0.39 is 23.9 Å². The lowest BCUT2D eigenvalue weighted by molar-refractivity contribution is -0.142. The first-order chi connectivity index (χ1) is 9.43. The van der Waals surface area contributed by atoms with Crippen LogP contribution in [0.5, 0.6) is 0 Å². The highest BCUT2D eigenvalue weighted by molar-refractivity contribution is 14.1. The zero-order valence-electron chi connectivity index (χ0n) is 10.8. The van der Waals surface area contributed by atoms with Gasteiger partial charge in [-0.05, 0) is 47.2 Å². The molecule has 1 aromatic rings. The van der Waals surface area contributed by atoms with Gasteiger partial charge in [0.25, 0.3) is 5.91 Å². The zero-order valence-corrected chi connectivity index (χ0v) is 12.9. The highest BCUT2D eigenvalue weighted by Gasteiger charge is 2.21. The summed E-state index contributed by atoms with van der Waals surface area (Å²) in [7, 11) is 1.22. The molecule has 0 bridgehead atoms. The number of aliphatic carboxylic acids is 1. The maximum Gasteiger partial charge on any atom is 0.326 e. The Kier molecular flexibility index (Phi) is 6.43. The third-order valence-corrected chi connectivity index (χ3v) is 3.23. The lowest BCUT2D eigenvalue weighted by Crippen LogP contribution is -2.41. The number of esters is 1. The molecule has 2 N–H and O–H groups in total. The Hall–Kier alpha value is -1.64. The molecule has 0 saturated carbocycles. The van der Waals surface area contributed by atoms with Crippen LogP contribution in [0.3, 0.4) is 0 Å². The molecule has 0 spiro atoms. The molecular formula is C13H14INO5. The van der Waals surface area contributed by atoms with E-state index in [1.54, 1.807) is 18.2 Å². The Morgan fingerprint density at radius 2 is 2.10 bits per heavy atom. The summed E-state index contributed by atoms with van der Waals surface area (Å²) in [6.45, 7) is 0. The molecule has 1 atom stereocenters. The molecule has 6 nitrogen and oxygen atoms in total. The number of amides is 1. The highest BCUT2D eigenvalue weighted by Crippen LogP contribution is 2.09. The maximum absolute atomic E-state index is 11.9. The first kappa shape index (κ1) is 16.4. The average Bonchev–Trinajstić information content (AvgIpc) is 2.42. The maximum atomic E-state index is 11.9. The van der Waals surface area contributed by atoms with Gasteiger partial charge in [0.05, 0.1) is 7.11 Å². The van der Waals surface area contributed by atoms with E-state index in [-0.39, 0.29) is 12.8 Å². The van der Waals surface area contributed by atoms with Gasteiger partial charge in [-0.1, -0.05) is 6.07 Å². The minimum Gasteiger partial charge on any atom is -0.480 e. The third kappa shape index (κ3) is 5.16. The fourth-order valence-corrected chi connectivity index (χ4v) is 2.04. The number of hydrogen-bond donors (Lipinski definition) is 2. The fourth-order valence-electron chi connectivity index (χ4n) is 1.49. The molecule has 7 heteroatoms. The Balaban J connectivity index is 2.68. The Labute approximate surface area is 129 Å². The number of carbonyl (C=O) groups excluding carboxylic acids is 2. The van der Waals surface area contributed by atoms with Crippen LogP contribution in [0.15, 0.2) is 24.3 Å². The summed E-state index contributed by atoms with van der Waals surface area (Å²) in [5.74, 6) is -2.19. The standard InChI is InChI=1S/C13H14INO5/c1-20-11(16)6-5-10(13(18)19)15-12(17)8-3-2-4-9(14)7-8/h2-4,7,10H,5-6H2,1H3,(H,15,17)(H,18,19)/t10-/m1/s1. The van der Waals surface area contributed by atoms with Gasteiger partial charge >= 0.3 is 11.9 Å². The number of benzene rings is 1. The molecule has 0 aromatic heterocycles. The van der Waals surface area contributed by atoms with Gasteiger partial charge in [0.2, 0.25) is 0 Å². The van der Waals surface area contributed by atoms with E-state index in [2.05, 4.69) is 32.6 Å². The number of methoxy groups -OCH3 is 1. The van der Waals surface area contributed by atoms with Gasteiger partial charge in [0.1, 0.15) is 6.04 Å². The van der Waals surface area contributed by atoms with Crippen molar-refractivity contribution in [3.63, 3.8) is 0 Å². The van der Waals surface area contributed by atoms with Gasteiger partial charge in [0, 0.05) is 15.6 Å². The number of nitrogens with one attached hydrogen (secondary N) is 1. The van der Waals surface area contributed by atoms with Crippen LogP contribution >= 0.6 is 22.6 Å². The van der Waals surface area contributed by atoms with E-state index in [0.29, 0.717) is 5.56 Å². The lowest BCUT2D eigenvalue weighted by Gasteiger charge is -2.14. The predicted molar refractivity (Wildman–Crippen MR) is 79.3 cm³/mol. The summed E-state index contributed by atoms with van der Waals surface area (Å²) in [5.41, 5.74) is 0.376. The summed E-state index contributed by atoms with van der Waals surface area (Å²) in [6, 6.07) is 5.65. The number of halogens is 1. The fraction of sp³-hybridized carbons (Fsp3) is 0.308. The van der Waals surface area contributed by atoms with Crippen molar-refractivity contribution in [3.8, 4) is 0 Å². The molecule has 0 saturated heterocycles. The molecule has 0 fully saturated rings. The summed E-state index contributed by atoms with van der Waals surface area (Å²) in [6.07, 6.45) is -0.0856. The zero-order chi connectivity index (χ0) is 15.1. The molecule has 1 aromatic carbocycles. The molecule has 1 amide bonds. The van der Waals surface area contributed by atoms with Crippen LogP contribution in [0.1, 0.15) is 23.2 Å². The smallest absolute Gasteiger partial charge is 0.326 e. The normalized spacial score (nSPS) is 11.5. The summed E-state index contributed by atoms with van der Waals surface area (Å²) >= 11 is 2.06. The van der Waals surface area contributed by atoms with Gasteiger partial charge < -0.3 is 15.2 Å². The number of hydrogen-bond acceptors (Lipinski definition) is 4. The minimum atomic E-state index is -1.19. The quantitative estimate of drug-likeness (QED) is 0.566. The van der Waals surface area contributed by atoms with Gasteiger partial charge in [-0.2, -0.15) is 0 Å². The largest absolute Gasteiger partial charge is 0.480 e. The first-order valence-electron chi connectivity index (χ1n) is 5.80. The second kappa shape index (κ2) is 7.83. The Morgan fingerprint density at radius 1 is 1.40 bits per heavy atom. The summed E-state index contributed by atoms with van der Waals surface area (Å²) < 4.78 is 5.31. The number of carboxylic acid groups (broad SMARTS) is 1. The third-order valence-electron chi connectivity index (χ3n) is 2.56. The molecule has 108 valence electrons. The van der Waals surface area contributed by atoms with Crippen LogP contribution in [0.25, 0.3) is 0 Å². The first-order valence-corrected chi connectivity index (χ1v) is 6.88. The van der Waals surface area contributed by atoms with Gasteiger partial charge in [0.15, 0.2) is 0 Å². The van der Waals surface area contributed by atoms with Crippen molar-refractivity contribution in [2.75, 3.05) is 7.11 Å². The summed E-state index contributed by atoms with van der Waals surface area (Å²) in [5, 5.41) is 11.4. The van der Waals surface area contributed by atoms with Crippen LogP contribution < -0.4 is 5.32 Å². The molecule has 20 heavy (non-hydrogen) atoms. The van der Waals surface area contributed by atoms with E-state index >= 15 is 0 Å². The molecule has 0 heterocycles. The molecule has 1 rings (SSSR count). The van der Waals surface area contributed by atoms with E-state index in [4.69, 9.17) is 5.11 Å². The van der Waals surface area contributed by atoms with Crippen molar-refractivity contribution in [1.29, 1.82) is 0 Å². The summed E-state index contributed by atoms with van der Waals surface area (Å²) in [4.78, 5) is 34.0. The molecule has 0 aliphatic heterocycles. The predicted octanol–water partition coefficient (Wildman–Crippen LogP) is 1.43. The topological polar surface area (TPSA) is 92.7 Å². The number of carboxylic acids is 1. The Bertz CT molecular complexity index is 517. The van der Waals surface area contributed by atoms with E-state index in [9.17, 15) is 14.4 Å². The van der Waals surface area contributed by atoms with Crippen molar-refractivity contribution in [1.82, 2.24) is 5.32 Å². The second-order valence-electron chi connectivity index (χ2n) is 3.99. The molecule has 0 radical (unpaired) electrons. The van der Waals surface area contributed by atoms with Crippen LogP contribution in [-0.4, -0.2) is 36.1 Å². The van der Waals surface area contributed by atoms with Crippen LogP contribution in [0, 0.1) is 3.57 Å². The minimum absolute atomic E-state index is 0.0162. The second-order valence-corrected chi connectivity index (χ2v) is 5.24. The number of rotatable bonds is 6. The van der Waals surface area contributed by atoms with Crippen LogP contribution in [-0.2, 0) is 14.3 Å². The highest BCUT2D eigenvalue weighted by atomic mass is 127. The van der Waals surface area contributed by atoms with Gasteiger partial charge in [-0.25, -0.2) is 4.79 Å². The van der Waals surface area contributed by atoms with Crippen molar-refractivity contribution < 1.29 is 24.2 Å². The van der Waals surface area contributed by atoms with E-state index in [1.165, 1.54) is 7.11 Å². The molecule has 0 aliphatic rings. The van der Waals surface area contributed by atoms with Crippen molar-refractivity contribution in [2.24, 2.45) is 0 Å². The Morgan fingerprint density at radius 3 is 2.65 bits per heavy atom. The molecule has 0 aliphatic carbocycles. The number of carbonyl (C=O) groups is 3. The SMILES string of the molecule is COC(=O)CC[C@@H](NC(=O)c1cccc(I)c1)C(=O)O. The van der Waals surface area contributed by atoms with E-state index in [0.717, 1.165) is 3.57 Å². The monoisotopic (exact) mass is 391 g/mol. The number of ether oxygens (including phenoxy) is 1. The molecular weight excluding hydrogens is 377 g/mol.